The van der Waals surface area contributed by atoms with E-state index in [4.69, 9.17) is 5.73 Å². The molecule has 0 radical (unpaired) electrons. The average molecular weight is 264 g/mol. The van der Waals surface area contributed by atoms with Gasteiger partial charge in [-0.2, -0.15) is 0 Å². The molecule has 0 aromatic rings. The molecule has 0 saturated carbocycles. The molecular weight excluding hydrogens is 240 g/mol. The standard InChI is InChI=1S/C11H24N2O3S/c1-4-13(8-11(2,3)7-12)9-5-17(15,16)6-10(9)14/h9-10,14H,4-8,12H2,1-3H3. The first-order valence-corrected chi connectivity index (χ1v) is 7.85. The van der Waals surface area contributed by atoms with Crippen LogP contribution in [-0.2, 0) is 9.84 Å². The lowest BCUT2D eigenvalue weighted by Crippen LogP contribution is -2.48. The van der Waals surface area contributed by atoms with Crippen molar-refractivity contribution in [2.24, 2.45) is 11.1 Å². The molecule has 1 aliphatic rings. The topological polar surface area (TPSA) is 83.6 Å². The molecule has 0 aliphatic carbocycles. The second-order valence-corrected chi connectivity index (χ2v) is 7.80. The molecule has 3 N–H and O–H groups in total. The number of aliphatic hydroxyl groups excluding tert-OH is 1. The molecule has 17 heavy (non-hydrogen) atoms. The van der Waals surface area contributed by atoms with Gasteiger partial charge in [0.1, 0.15) is 0 Å². The zero-order valence-corrected chi connectivity index (χ0v) is 11.7. The van der Waals surface area contributed by atoms with Gasteiger partial charge in [-0.15, -0.1) is 0 Å². The minimum atomic E-state index is -3.08. The summed E-state index contributed by atoms with van der Waals surface area (Å²) in [5.41, 5.74) is 5.62. The number of hydrogen-bond acceptors (Lipinski definition) is 5. The maximum absolute atomic E-state index is 11.5. The van der Waals surface area contributed by atoms with Gasteiger partial charge >= 0.3 is 0 Å². The second-order valence-electron chi connectivity index (χ2n) is 5.64. The summed E-state index contributed by atoms with van der Waals surface area (Å²) < 4.78 is 23.0. The molecule has 1 fully saturated rings. The number of aliphatic hydroxyl groups is 1. The second kappa shape index (κ2) is 5.22. The molecule has 1 heterocycles. The van der Waals surface area contributed by atoms with E-state index in [9.17, 15) is 13.5 Å². The van der Waals surface area contributed by atoms with E-state index in [1.54, 1.807) is 0 Å². The molecule has 2 atom stereocenters. The van der Waals surface area contributed by atoms with Crippen molar-refractivity contribution in [1.82, 2.24) is 4.90 Å². The van der Waals surface area contributed by atoms with E-state index in [0.29, 0.717) is 13.1 Å². The fourth-order valence-corrected chi connectivity index (χ4v) is 4.07. The molecule has 0 amide bonds. The summed E-state index contributed by atoms with van der Waals surface area (Å²) in [5, 5.41) is 9.84. The molecule has 5 nitrogen and oxygen atoms in total. The maximum Gasteiger partial charge on any atom is 0.154 e. The van der Waals surface area contributed by atoms with E-state index in [-0.39, 0.29) is 23.0 Å². The highest BCUT2D eigenvalue weighted by Gasteiger charge is 2.40. The Morgan fingerprint density at radius 1 is 1.41 bits per heavy atom. The molecule has 1 rings (SSSR count). The Kier molecular flexibility index (Phi) is 4.57. The van der Waals surface area contributed by atoms with Gasteiger partial charge in [-0.05, 0) is 18.5 Å². The van der Waals surface area contributed by atoms with Crippen molar-refractivity contribution in [2.45, 2.75) is 32.9 Å². The van der Waals surface area contributed by atoms with Crippen molar-refractivity contribution < 1.29 is 13.5 Å². The lowest BCUT2D eigenvalue weighted by atomic mass is 9.92. The molecule has 1 saturated heterocycles. The Hall–Kier alpha value is -0.170. The van der Waals surface area contributed by atoms with Crippen molar-refractivity contribution in [2.75, 3.05) is 31.1 Å². The van der Waals surface area contributed by atoms with Crippen molar-refractivity contribution in [3.63, 3.8) is 0 Å². The molecule has 0 bridgehead atoms. The van der Waals surface area contributed by atoms with Crippen LogP contribution in [0.4, 0.5) is 0 Å². The first-order valence-electron chi connectivity index (χ1n) is 6.03. The third-order valence-electron chi connectivity index (χ3n) is 3.35. The van der Waals surface area contributed by atoms with Crippen LogP contribution in [0.15, 0.2) is 0 Å². The fraction of sp³-hybridized carbons (Fsp3) is 1.00. The minimum absolute atomic E-state index is 0.0582. The Morgan fingerprint density at radius 2 is 2.00 bits per heavy atom. The summed E-state index contributed by atoms with van der Waals surface area (Å²) in [6, 6.07) is -0.282. The van der Waals surface area contributed by atoms with Crippen molar-refractivity contribution in [3.05, 3.63) is 0 Å². The highest BCUT2D eigenvalue weighted by molar-refractivity contribution is 7.91. The van der Waals surface area contributed by atoms with E-state index in [1.165, 1.54) is 0 Å². The van der Waals surface area contributed by atoms with Gasteiger partial charge in [0.15, 0.2) is 9.84 Å². The summed E-state index contributed by atoms with van der Waals surface area (Å²) in [4.78, 5) is 2.03. The fourth-order valence-electron chi connectivity index (χ4n) is 2.24. The van der Waals surface area contributed by atoms with Gasteiger partial charge in [-0.1, -0.05) is 20.8 Å². The monoisotopic (exact) mass is 264 g/mol. The molecule has 0 spiro atoms. The lowest BCUT2D eigenvalue weighted by molar-refractivity contribution is 0.0628. The van der Waals surface area contributed by atoms with Crippen LogP contribution >= 0.6 is 0 Å². The van der Waals surface area contributed by atoms with Crippen LogP contribution in [0, 0.1) is 5.41 Å². The highest BCUT2D eigenvalue weighted by Crippen LogP contribution is 2.23. The molecular formula is C11H24N2O3S. The van der Waals surface area contributed by atoms with Gasteiger partial charge in [0.05, 0.1) is 23.7 Å². The summed E-state index contributed by atoms with van der Waals surface area (Å²) in [6.07, 6.45) is -0.770. The summed E-state index contributed by atoms with van der Waals surface area (Å²) >= 11 is 0. The quantitative estimate of drug-likeness (QED) is 0.696. The first kappa shape index (κ1) is 14.9. The normalized spacial score (nSPS) is 28.8. The zero-order chi connectivity index (χ0) is 13.3. The number of likely N-dealkylation sites (N-methyl/N-ethyl adjacent to an activating group) is 1. The van der Waals surface area contributed by atoms with Gasteiger partial charge in [-0.3, -0.25) is 4.90 Å². The van der Waals surface area contributed by atoms with Gasteiger partial charge in [-0.25, -0.2) is 8.42 Å². The van der Waals surface area contributed by atoms with Gasteiger partial charge < -0.3 is 10.8 Å². The SMILES string of the molecule is CCN(CC(C)(C)CN)C1CS(=O)(=O)CC1O. The number of rotatable bonds is 5. The predicted octanol–water partition coefficient (Wildman–Crippen LogP) is -0.549. The molecule has 0 aromatic carbocycles. The molecule has 6 heteroatoms. The maximum atomic E-state index is 11.5. The Morgan fingerprint density at radius 3 is 2.35 bits per heavy atom. The van der Waals surface area contributed by atoms with Crippen LogP contribution in [0.25, 0.3) is 0 Å². The number of nitrogens with two attached hydrogens (primary N) is 1. The predicted molar refractivity (Wildman–Crippen MR) is 68.5 cm³/mol. The third-order valence-corrected chi connectivity index (χ3v) is 5.05. The van der Waals surface area contributed by atoms with Crippen LogP contribution in [0.5, 0.6) is 0 Å². The summed E-state index contributed by atoms with van der Waals surface area (Å²) in [5.74, 6) is -0.0557. The largest absolute Gasteiger partial charge is 0.390 e. The number of sulfone groups is 1. The summed E-state index contributed by atoms with van der Waals surface area (Å²) in [7, 11) is -3.08. The molecule has 1 aliphatic heterocycles. The molecule has 2 unspecified atom stereocenters. The van der Waals surface area contributed by atoms with Gasteiger partial charge in [0, 0.05) is 6.54 Å². The van der Waals surface area contributed by atoms with E-state index < -0.39 is 15.9 Å². The zero-order valence-electron chi connectivity index (χ0n) is 10.9. The van der Waals surface area contributed by atoms with E-state index in [0.717, 1.165) is 6.54 Å². The number of nitrogens with zero attached hydrogens (tertiary/aromatic N) is 1. The van der Waals surface area contributed by atoms with Crippen molar-refractivity contribution in [1.29, 1.82) is 0 Å². The average Bonchev–Trinajstić information content (AvgIpc) is 2.49. The van der Waals surface area contributed by atoms with E-state index in [2.05, 4.69) is 0 Å². The molecule has 0 aromatic heterocycles. The van der Waals surface area contributed by atoms with Gasteiger partial charge in [0.25, 0.3) is 0 Å². The minimum Gasteiger partial charge on any atom is -0.390 e. The highest BCUT2D eigenvalue weighted by atomic mass is 32.2. The smallest absolute Gasteiger partial charge is 0.154 e. The lowest BCUT2D eigenvalue weighted by Gasteiger charge is -2.35. The van der Waals surface area contributed by atoms with Crippen molar-refractivity contribution in [3.8, 4) is 0 Å². The molecule has 102 valence electrons. The van der Waals surface area contributed by atoms with Gasteiger partial charge in [0.2, 0.25) is 0 Å². The van der Waals surface area contributed by atoms with Crippen LogP contribution in [0.3, 0.4) is 0 Å². The Balaban J connectivity index is 2.75. The summed E-state index contributed by atoms with van der Waals surface area (Å²) in [6.45, 7) is 8.04. The van der Waals surface area contributed by atoms with Crippen molar-refractivity contribution >= 4 is 9.84 Å². The van der Waals surface area contributed by atoms with E-state index in [1.807, 2.05) is 25.7 Å². The van der Waals surface area contributed by atoms with Crippen LogP contribution in [0.2, 0.25) is 0 Å². The van der Waals surface area contributed by atoms with Crippen LogP contribution < -0.4 is 5.73 Å². The Bertz CT molecular complexity index is 354. The van der Waals surface area contributed by atoms with Crippen LogP contribution in [-0.4, -0.2) is 61.7 Å². The third kappa shape index (κ3) is 3.91. The van der Waals surface area contributed by atoms with Crippen LogP contribution in [0.1, 0.15) is 20.8 Å². The first-order chi connectivity index (χ1) is 7.71. The number of hydrogen-bond donors (Lipinski definition) is 2. The van der Waals surface area contributed by atoms with E-state index >= 15 is 0 Å². The Labute approximate surface area is 104 Å².